The molecule has 0 radical (unpaired) electrons. The number of anilines is 1. The van der Waals surface area contributed by atoms with E-state index in [9.17, 15) is 14.3 Å². The van der Waals surface area contributed by atoms with E-state index in [4.69, 9.17) is 10.1 Å². The van der Waals surface area contributed by atoms with Crippen molar-refractivity contribution in [3.63, 3.8) is 0 Å². The minimum Gasteiger partial charge on any atom is -0.494 e. The van der Waals surface area contributed by atoms with Crippen LogP contribution >= 0.6 is 0 Å². The summed E-state index contributed by atoms with van der Waals surface area (Å²) in [6.07, 6.45) is 0. The molecule has 0 saturated carbocycles. The van der Waals surface area contributed by atoms with Crippen LogP contribution in [0.1, 0.15) is 16.7 Å². The summed E-state index contributed by atoms with van der Waals surface area (Å²) in [5.41, 5.74) is 4.61. The van der Waals surface area contributed by atoms with Crippen LogP contribution in [0.15, 0.2) is 71.7 Å². The number of benzene rings is 3. The monoisotopic (exact) mass is 460 g/mol. The van der Waals surface area contributed by atoms with Gasteiger partial charge in [-0.05, 0) is 62.1 Å². The number of aliphatic carboxylic acids is 1. The first-order valence-electron chi connectivity index (χ1n) is 10.7. The number of halogens is 1. The molecule has 1 aromatic heterocycles. The van der Waals surface area contributed by atoms with Crippen LogP contribution in [0.25, 0.3) is 10.9 Å². The zero-order valence-electron chi connectivity index (χ0n) is 18.8. The van der Waals surface area contributed by atoms with Gasteiger partial charge in [0.1, 0.15) is 12.4 Å². The van der Waals surface area contributed by atoms with Gasteiger partial charge in [-0.25, -0.2) is 9.38 Å². The van der Waals surface area contributed by atoms with Gasteiger partial charge < -0.3 is 25.4 Å². The van der Waals surface area contributed by atoms with Crippen molar-refractivity contribution in [3.8, 4) is 5.88 Å². The molecule has 1 heterocycles. The first-order valence-corrected chi connectivity index (χ1v) is 10.7. The maximum absolute atomic E-state index is 13.8. The maximum Gasteiger partial charge on any atom is 0.322 e. The lowest BCUT2D eigenvalue weighted by molar-refractivity contribution is -0.134. The molecule has 0 bridgehead atoms. The van der Waals surface area contributed by atoms with Crippen LogP contribution in [0.2, 0.25) is 0 Å². The Labute approximate surface area is 196 Å². The van der Waals surface area contributed by atoms with Gasteiger partial charge >= 0.3 is 5.97 Å². The van der Waals surface area contributed by atoms with E-state index in [2.05, 4.69) is 15.2 Å². The van der Waals surface area contributed by atoms with Crippen molar-refractivity contribution in [1.29, 1.82) is 0 Å². The maximum atomic E-state index is 13.8. The molecule has 0 amide bonds. The Balaban J connectivity index is 1.80. The van der Waals surface area contributed by atoms with Crippen LogP contribution in [0.4, 0.5) is 15.8 Å². The number of aromatic nitrogens is 1. The molecule has 0 aliphatic rings. The van der Waals surface area contributed by atoms with Crippen molar-refractivity contribution >= 4 is 34.0 Å². The van der Waals surface area contributed by atoms with Gasteiger partial charge in [-0.15, -0.1) is 0 Å². The second kappa shape index (κ2) is 9.76. The minimum absolute atomic E-state index is 0.114. The normalized spacial score (nSPS) is 11.8. The van der Waals surface area contributed by atoms with Crippen LogP contribution < -0.4 is 5.32 Å². The highest BCUT2D eigenvalue weighted by atomic mass is 19.1. The molecule has 3 aromatic carbocycles. The van der Waals surface area contributed by atoms with Crippen molar-refractivity contribution in [2.75, 3.05) is 26.0 Å². The largest absolute Gasteiger partial charge is 0.494 e. The molecule has 34 heavy (non-hydrogen) atoms. The van der Waals surface area contributed by atoms with Crippen molar-refractivity contribution in [2.45, 2.75) is 6.54 Å². The second-order valence-electron chi connectivity index (χ2n) is 8.23. The number of H-pyrrole nitrogens is 1. The molecular weight excluding hydrogens is 435 g/mol. The average molecular weight is 461 g/mol. The number of fused-ring (bicyclic) bond motifs is 1. The van der Waals surface area contributed by atoms with Gasteiger partial charge in [-0.1, -0.05) is 24.3 Å². The Hall–Kier alpha value is -4.17. The minimum atomic E-state index is -0.958. The molecule has 0 fully saturated rings. The van der Waals surface area contributed by atoms with Crippen LogP contribution in [-0.2, 0) is 11.3 Å². The van der Waals surface area contributed by atoms with Gasteiger partial charge in [0, 0.05) is 23.2 Å². The lowest BCUT2D eigenvalue weighted by Crippen LogP contribution is -2.12. The molecule has 4 N–H and O–H groups in total. The van der Waals surface area contributed by atoms with Gasteiger partial charge in [0.25, 0.3) is 0 Å². The Bertz CT molecular complexity index is 1340. The van der Waals surface area contributed by atoms with E-state index in [1.54, 1.807) is 30.3 Å². The third-order valence-electron chi connectivity index (χ3n) is 5.26. The van der Waals surface area contributed by atoms with Crippen LogP contribution in [0.3, 0.4) is 0 Å². The zero-order chi connectivity index (χ0) is 24.2. The number of nitrogens with one attached hydrogen (secondary N) is 2. The van der Waals surface area contributed by atoms with Gasteiger partial charge in [0.05, 0.1) is 22.5 Å². The van der Waals surface area contributed by atoms with Gasteiger partial charge in [0.15, 0.2) is 5.88 Å². The summed E-state index contributed by atoms with van der Waals surface area (Å²) in [4.78, 5) is 20.6. The SMILES string of the molecule is CN(C)Cc1ccc(N=C(c2ccc(NCC(=O)O)cc2)c2c(O)[nH]c3cc(F)ccc23)cc1. The molecule has 0 unspecified atom stereocenters. The molecule has 4 aromatic rings. The van der Waals surface area contributed by atoms with E-state index in [1.165, 1.54) is 12.1 Å². The lowest BCUT2D eigenvalue weighted by Gasteiger charge is -2.11. The van der Waals surface area contributed by atoms with E-state index >= 15 is 0 Å². The summed E-state index contributed by atoms with van der Waals surface area (Å²) in [6.45, 7) is 0.602. The van der Waals surface area contributed by atoms with E-state index < -0.39 is 11.8 Å². The number of hydrogen-bond acceptors (Lipinski definition) is 5. The highest BCUT2D eigenvalue weighted by molar-refractivity contribution is 6.22. The topological polar surface area (TPSA) is 101 Å². The molecular formula is C26H25FN4O3. The number of rotatable bonds is 8. The molecule has 0 spiro atoms. The van der Waals surface area contributed by atoms with Crippen LogP contribution in [-0.4, -0.2) is 52.4 Å². The standard InChI is InChI=1S/C26H25FN4O3/c1-31(2)15-16-3-8-20(9-4-16)29-25(17-5-10-19(11-6-17)28-14-23(32)33)24-21-12-7-18(27)13-22(21)30-26(24)34/h3-13,28,30,34H,14-15H2,1-2H3,(H,32,33). The van der Waals surface area contributed by atoms with Gasteiger partial charge in [-0.3, -0.25) is 4.79 Å². The third kappa shape index (κ3) is 5.24. The van der Waals surface area contributed by atoms with E-state index in [-0.39, 0.29) is 12.4 Å². The second-order valence-corrected chi connectivity index (χ2v) is 8.23. The number of hydrogen-bond donors (Lipinski definition) is 4. The van der Waals surface area contributed by atoms with Crippen molar-refractivity contribution < 1.29 is 19.4 Å². The summed E-state index contributed by atoms with van der Waals surface area (Å²) in [5.74, 6) is -1.49. The smallest absolute Gasteiger partial charge is 0.322 e. The lowest BCUT2D eigenvalue weighted by atomic mass is 10.0. The number of carboxylic acid groups (broad SMARTS) is 1. The van der Waals surface area contributed by atoms with Gasteiger partial charge in [0.2, 0.25) is 0 Å². The highest BCUT2D eigenvalue weighted by Crippen LogP contribution is 2.32. The molecule has 7 nitrogen and oxygen atoms in total. The summed E-state index contributed by atoms with van der Waals surface area (Å²) < 4.78 is 13.8. The number of nitrogens with zero attached hydrogens (tertiary/aromatic N) is 2. The number of carboxylic acids is 1. The van der Waals surface area contributed by atoms with Crippen LogP contribution in [0.5, 0.6) is 5.88 Å². The highest BCUT2D eigenvalue weighted by Gasteiger charge is 2.19. The molecule has 0 aliphatic heterocycles. The van der Waals surface area contributed by atoms with Crippen molar-refractivity contribution in [1.82, 2.24) is 9.88 Å². The fraction of sp³-hybridized carbons (Fsp3) is 0.154. The number of carbonyl (C=O) groups is 1. The summed E-state index contributed by atoms with van der Waals surface area (Å²) in [6, 6.07) is 19.2. The first-order chi connectivity index (χ1) is 16.3. The number of aliphatic imine (C=N–C) groups is 1. The van der Waals surface area contributed by atoms with E-state index in [0.717, 1.165) is 12.1 Å². The molecule has 8 heteroatoms. The summed E-state index contributed by atoms with van der Waals surface area (Å²) >= 11 is 0. The fourth-order valence-electron chi connectivity index (χ4n) is 3.75. The quantitative estimate of drug-likeness (QED) is 0.285. The predicted octanol–water partition coefficient (Wildman–Crippen LogP) is 4.74. The third-order valence-corrected chi connectivity index (χ3v) is 5.26. The summed E-state index contributed by atoms with van der Waals surface area (Å²) in [7, 11) is 4.00. The van der Waals surface area contributed by atoms with Crippen molar-refractivity contribution in [3.05, 3.63) is 89.2 Å². The Kier molecular flexibility index (Phi) is 6.60. The predicted molar refractivity (Wildman–Crippen MR) is 132 cm³/mol. The Morgan fingerprint density at radius 1 is 1.06 bits per heavy atom. The molecule has 174 valence electrons. The molecule has 4 rings (SSSR count). The molecule has 0 atom stereocenters. The molecule has 0 saturated heterocycles. The fourth-order valence-corrected chi connectivity index (χ4v) is 3.75. The Morgan fingerprint density at radius 3 is 2.41 bits per heavy atom. The number of aromatic amines is 1. The first kappa shape index (κ1) is 23.0. The van der Waals surface area contributed by atoms with Crippen LogP contribution in [0, 0.1) is 5.82 Å². The number of aromatic hydroxyl groups is 1. The van der Waals surface area contributed by atoms with E-state index in [1.807, 2.05) is 38.4 Å². The Morgan fingerprint density at radius 2 is 1.76 bits per heavy atom. The molecule has 0 aliphatic carbocycles. The summed E-state index contributed by atoms with van der Waals surface area (Å²) in [5, 5.41) is 23.1. The zero-order valence-corrected chi connectivity index (χ0v) is 18.8. The van der Waals surface area contributed by atoms with Gasteiger partial charge in [-0.2, -0.15) is 0 Å². The van der Waals surface area contributed by atoms with Crippen molar-refractivity contribution in [2.24, 2.45) is 4.99 Å². The average Bonchev–Trinajstić information content (AvgIpc) is 3.11. The van der Waals surface area contributed by atoms with E-state index in [0.29, 0.717) is 39.1 Å².